The molecule has 0 saturated heterocycles. The molecule has 1 nitrogen and oxygen atoms in total. The predicted octanol–water partition coefficient (Wildman–Crippen LogP) is 13.5. The van der Waals surface area contributed by atoms with E-state index in [1.807, 2.05) is 0 Å². The first-order valence-electron chi connectivity index (χ1n) is 26.1. The number of hydrogen-bond acceptors (Lipinski definition) is 1. The third-order valence-corrected chi connectivity index (χ3v) is 10.3. The summed E-state index contributed by atoms with van der Waals surface area (Å²) in [6, 6.07) is 15.1. The lowest BCUT2D eigenvalue weighted by Crippen LogP contribution is -2.28. The standard InChI is InChI=1S/C52H39N/c1-51(2)47-25-12-9-22-43(47)46-33-32-42(35-50(46)51)53(40-30-28-37(29-31-40)36-16-5-3-6-17-36)41-21-15-20-39(34-41)52(38-18-7-4-8-19-38)48-26-13-10-23-44(48)45-24-11-14-27-49(45)52/h3-35H,1-2H3/i3D,4D,12D,13D,14D,16D,17D,18D,19D,21D,22D,23D,24D,30D,31D,32D,34D,35D. The van der Waals surface area contributed by atoms with Gasteiger partial charge in [0.2, 0.25) is 0 Å². The highest BCUT2D eigenvalue weighted by atomic mass is 15.1. The third kappa shape index (κ3) is 4.70. The number of fused-ring (bicyclic) bond motifs is 6. The van der Waals surface area contributed by atoms with Crippen molar-refractivity contribution in [2.24, 2.45) is 0 Å². The van der Waals surface area contributed by atoms with Crippen LogP contribution in [-0.2, 0) is 10.8 Å². The molecule has 0 fully saturated rings. The van der Waals surface area contributed by atoms with Crippen LogP contribution in [0.1, 0.15) is 71.9 Å². The van der Waals surface area contributed by atoms with Gasteiger partial charge in [-0.05, 0) is 103 Å². The first-order valence-corrected chi connectivity index (χ1v) is 17.1. The van der Waals surface area contributed by atoms with Gasteiger partial charge in [0.05, 0.1) is 30.1 Å². The quantitative estimate of drug-likeness (QED) is 0.167. The molecule has 0 aromatic heterocycles. The molecule has 252 valence electrons. The largest absolute Gasteiger partial charge is 0.310 e. The van der Waals surface area contributed by atoms with Crippen molar-refractivity contribution in [3.05, 3.63) is 233 Å². The molecule has 53 heavy (non-hydrogen) atoms. The molecule has 0 unspecified atom stereocenters. The van der Waals surface area contributed by atoms with E-state index in [1.54, 1.807) is 19.9 Å². The van der Waals surface area contributed by atoms with Crippen molar-refractivity contribution in [3.63, 3.8) is 0 Å². The molecule has 0 spiro atoms. The smallest absolute Gasteiger partial charge is 0.0714 e. The Balaban J connectivity index is 1.37. The Morgan fingerprint density at radius 3 is 1.60 bits per heavy atom. The zero-order valence-electron chi connectivity index (χ0n) is 46.6. The van der Waals surface area contributed by atoms with Crippen molar-refractivity contribution >= 4 is 17.1 Å². The fourth-order valence-corrected chi connectivity index (χ4v) is 7.84. The maximum absolute atomic E-state index is 10.5. The van der Waals surface area contributed by atoms with Crippen LogP contribution in [0.2, 0.25) is 0 Å². The van der Waals surface area contributed by atoms with Crippen molar-refractivity contribution < 1.29 is 24.7 Å². The molecule has 0 bridgehead atoms. The highest BCUT2D eigenvalue weighted by Gasteiger charge is 2.46. The molecular weight excluding hydrogens is 639 g/mol. The minimum Gasteiger partial charge on any atom is -0.310 e. The van der Waals surface area contributed by atoms with Crippen molar-refractivity contribution in [2.45, 2.75) is 24.7 Å². The average molecular weight is 696 g/mol. The van der Waals surface area contributed by atoms with Gasteiger partial charge in [-0.3, -0.25) is 0 Å². The number of rotatable bonds is 6. The van der Waals surface area contributed by atoms with Crippen molar-refractivity contribution in [1.29, 1.82) is 0 Å². The first-order chi connectivity index (χ1) is 33.4. The van der Waals surface area contributed by atoms with Gasteiger partial charge in [-0.2, -0.15) is 0 Å². The zero-order valence-corrected chi connectivity index (χ0v) is 28.6. The van der Waals surface area contributed by atoms with Gasteiger partial charge in [-0.1, -0.05) is 177 Å². The van der Waals surface area contributed by atoms with Gasteiger partial charge in [0.25, 0.3) is 0 Å². The molecule has 0 atom stereocenters. The number of nitrogens with zero attached hydrogens (tertiary/aromatic N) is 1. The van der Waals surface area contributed by atoms with E-state index in [9.17, 15) is 13.7 Å². The fourth-order valence-electron chi connectivity index (χ4n) is 7.84. The molecule has 0 N–H and O–H groups in total. The topological polar surface area (TPSA) is 3.24 Å². The second kappa shape index (κ2) is 12.1. The van der Waals surface area contributed by atoms with E-state index in [0.717, 1.165) is 4.90 Å². The van der Waals surface area contributed by atoms with E-state index >= 15 is 0 Å². The summed E-state index contributed by atoms with van der Waals surface area (Å²) < 4.78 is 166. The molecule has 0 aliphatic heterocycles. The third-order valence-electron chi connectivity index (χ3n) is 10.3. The average Bonchev–Trinajstić information content (AvgIpc) is 3.64. The van der Waals surface area contributed by atoms with Gasteiger partial charge in [0, 0.05) is 22.5 Å². The van der Waals surface area contributed by atoms with E-state index in [2.05, 4.69) is 0 Å². The molecule has 0 saturated carbocycles. The minimum absolute atomic E-state index is 0.00230. The van der Waals surface area contributed by atoms with E-state index in [4.69, 9.17) is 11.0 Å². The van der Waals surface area contributed by atoms with E-state index in [0.29, 0.717) is 22.3 Å². The van der Waals surface area contributed by atoms with Crippen molar-refractivity contribution in [2.75, 3.05) is 4.90 Å². The molecule has 0 amide bonds. The van der Waals surface area contributed by atoms with Gasteiger partial charge >= 0.3 is 0 Å². The van der Waals surface area contributed by atoms with Gasteiger partial charge in [0.15, 0.2) is 0 Å². The normalized spacial score (nSPS) is 18.9. The fraction of sp³-hybridized carbons (Fsp3) is 0.0769. The first kappa shape index (κ1) is 17.9. The SMILES string of the molecule is [2H]c1cc([2H])c(-c2cc([2H])c(N(c3c([2H])ccc(C4(c5c([2H])cc([2H])cc5[2H])c5cc([2H])cc([2H])c5-c5c([2H])cc([2H])cc54)c3[2H])c3c([2H])cc4c(c3[2H])C(C)(C)c3cc([2H])cc([2H])c3-4)c([2H])c2)c([2H])c1. The summed E-state index contributed by atoms with van der Waals surface area (Å²) in [7, 11) is 0. The van der Waals surface area contributed by atoms with Crippen LogP contribution >= 0.6 is 0 Å². The van der Waals surface area contributed by atoms with Gasteiger partial charge < -0.3 is 4.90 Å². The lowest BCUT2D eigenvalue weighted by atomic mass is 9.67. The van der Waals surface area contributed by atoms with Gasteiger partial charge in [0.1, 0.15) is 0 Å². The lowest BCUT2D eigenvalue weighted by Gasteiger charge is -2.35. The summed E-state index contributed by atoms with van der Waals surface area (Å²) >= 11 is 0. The van der Waals surface area contributed by atoms with Crippen LogP contribution in [-0.4, -0.2) is 0 Å². The van der Waals surface area contributed by atoms with Crippen LogP contribution < -0.4 is 4.90 Å². The van der Waals surface area contributed by atoms with E-state index < -0.39 is 40.7 Å². The predicted molar refractivity (Wildman–Crippen MR) is 221 cm³/mol. The number of hydrogen-bond donors (Lipinski definition) is 0. The summed E-state index contributed by atoms with van der Waals surface area (Å²) in [5, 5.41) is 0. The summed E-state index contributed by atoms with van der Waals surface area (Å²) in [5.41, 5.74) is -2.15. The second-order valence-corrected chi connectivity index (χ2v) is 13.4. The molecule has 0 heterocycles. The zero-order chi connectivity index (χ0) is 51.2. The summed E-state index contributed by atoms with van der Waals surface area (Å²) in [6.45, 7) is 3.61. The summed E-state index contributed by atoms with van der Waals surface area (Å²) in [4.78, 5) is 1.13. The van der Waals surface area contributed by atoms with Gasteiger partial charge in [-0.15, -0.1) is 0 Å². The molecule has 8 aromatic rings. The van der Waals surface area contributed by atoms with Crippen LogP contribution in [0.5, 0.6) is 0 Å². The summed E-state index contributed by atoms with van der Waals surface area (Å²) in [6.07, 6.45) is 0. The Labute approximate surface area is 337 Å². The Morgan fingerprint density at radius 2 is 0.943 bits per heavy atom. The van der Waals surface area contributed by atoms with Crippen molar-refractivity contribution in [3.8, 4) is 33.4 Å². The number of benzene rings is 8. The number of anilines is 3. The molecular formula is C52H39N. The highest BCUT2D eigenvalue weighted by molar-refractivity contribution is 5.89. The molecule has 2 aliphatic carbocycles. The van der Waals surface area contributed by atoms with Crippen LogP contribution in [0.15, 0.2) is 200 Å². The Morgan fingerprint density at radius 1 is 0.396 bits per heavy atom. The second-order valence-electron chi connectivity index (χ2n) is 13.4. The van der Waals surface area contributed by atoms with E-state index in [-0.39, 0.29) is 140 Å². The van der Waals surface area contributed by atoms with Crippen LogP contribution in [0.3, 0.4) is 0 Å². The molecule has 1 heteroatoms. The van der Waals surface area contributed by atoms with E-state index in [1.165, 1.54) is 84.9 Å². The van der Waals surface area contributed by atoms with Gasteiger partial charge in [-0.25, -0.2) is 0 Å². The van der Waals surface area contributed by atoms with Crippen LogP contribution in [0.25, 0.3) is 33.4 Å². The molecule has 8 aromatic carbocycles. The highest BCUT2D eigenvalue weighted by Crippen LogP contribution is 2.57. The maximum Gasteiger partial charge on any atom is 0.0714 e. The monoisotopic (exact) mass is 695 g/mol. The Hall–Kier alpha value is -6.44. The lowest BCUT2D eigenvalue weighted by molar-refractivity contribution is 0.660. The summed E-state index contributed by atoms with van der Waals surface area (Å²) in [5.74, 6) is 0. The maximum atomic E-state index is 10.5. The Bertz CT molecular complexity index is 3570. The molecule has 10 rings (SSSR count). The molecule has 2 aliphatic rings. The molecule has 0 radical (unpaired) electrons. The van der Waals surface area contributed by atoms with Crippen LogP contribution in [0.4, 0.5) is 17.1 Å². The minimum atomic E-state index is -2.08. The van der Waals surface area contributed by atoms with Crippen LogP contribution in [0, 0.1) is 0 Å². The van der Waals surface area contributed by atoms with Crippen molar-refractivity contribution in [1.82, 2.24) is 0 Å². The Kier molecular flexibility index (Phi) is 4.07.